The van der Waals surface area contributed by atoms with Crippen molar-refractivity contribution < 1.29 is 8.94 Å². The molecule has 1 aliphatic heterocycles. The summed E-state index contributed by atoms with van der Waals surface area (Å²) in [5.41, 5.74) is 0. The molecule has 1 aliphatic carbocycles. The summed E-state index contributed by atoms with van der Waals surface area (Å²) in [6, 6.07) is 0.475. The number of hydrogen-bond donors (Lipinski definition) is 0. The van der Waals surface area contributed by atoms with E-state index >= 15 is 0 Å². The molecule has 0 spiro atoms. The van der Waals surface area contributed by atoms with Crippen LogP contribution < -0.4 is 0 Å². The van der Waals surface area contributed by atoms with Gasteiger partial charge in [-0.25, -0.2) is 0 Å². The van der Waals surface area contributed by atoms with Gasteiger partial charge < -0.3 is 8.94 Å². The molecular formula is C16H24N6O2. The minimum absolute atomic E-state index is 0.475. The van der Waals surface area contributed by atoms with Gasteiger partial charge in [-0.2, -0.15) is 4.98 Å². The maximum absolute atomic E-state index is 5.78. The maximum Gasteiger partial charge on any atom is 0.230 e. The van der Waals surface area contributed by atoms with Gasteiger partial charge in [-0.1, -0.05) is 5.16 Å². The third-order valence-electron chi connectivity index (χ3n) is 4.83. The van der Waals surface area contributed by atoms with Crippen LogP contribution in [0.5, 0.6) is 0 Å². The molecule has 130 valence electrons. The SMILES string of the molecule is Cc1nc(CN2CCC[C@H](N(C)Cc3nnc(C4CC4)o3)C2)no1. The average Bonchev–Trinajstić information content (AvgIpc) is 3.19. The predicted octanol–water partition coefficient (Wildman–Crippen LogP) is 1.73. The van der Waals surface area contributed by atoms with Gasteiger partial charge in [-0.15, -0.1) is 10.2 Å². The molecule has 8 heteroatoms. The molecule has 8 nitrogen and oxygen atoms in total. The summed E-state index contributed by atoms with van der Waals surface area (Å²) in [5.74, 6) is 3.45. The summed E-state index contributed by atoms with van der Waals surface area (Å²) in [6.07, 6.45) is 4.72. The van der Waals surface area contributed by atoms with Crippen molar-refractivity contribution >= 4 is 0 Å². The zero-order valence-electron chi connectivity index (χ0n) is 14.3. The van der Waals surface area contributed by atoms with Crippen LogP contribution in [0.4, 0.5) is 0 Å². The van der Waals surface area contributed by atoms with Gasteiger partial charge in [0.1, 0.15) is 0 Å². The average molecular weight is 332 g/mol. The minimum atomic E-state index is 0.475. The molecule has 2 aromatic heterocycles. The highest BCUT2D eigenvalue weighted by molar-refractivity contribution is 5.00. The first kappa shape index (κ1) is 15.7. The minimum Gasteiger partial charge on any atom is -0.424 e. The third kappa shape index (κ3) is 3.64. The topological polar surface area (TPSA) is 84.3 Å². The van der Waals surface area contributed by atoms with Crippen molar-refractivity contribution in [1.29, 1.82) is 0 Å². The zero-order chi connectivity index (χ0) is 16.5. The van der Waals surface area contributed by atoms with Crippen molar-refractivity contribution in [1.82, 2.24) is 30.1 Å². The van der Waals surface area contributed by atoms with E-state index < -0.39 is 0 Å². The van der Waals surface area contributed by atoms with Gasteiger partial charge in [0.25, 0.3) is 0 Å². The Morgan fingerprint density at radius 3 is 2.88 bits per heavy atom. The molecule has 2 aliphatic rings. The summed E-state index contributed by atoms with van der Waals surface area (Å²) in [7, 11) is 2.13. The molecule has 1 saturated carbocycles. The number of rotatable bonds is 6. The molecule has 0 unspecified atom stereocenters. The molecule has 0 aromatic carbocycles. The van der Waals surface area contributed by atoms with Gasteiger partial charge in [-0.3, -0.25) is 9.80 Å². The summed E-state index contributed by atoms with van der Waals surface area (Å²) in [6.45, 7) is 5.34. The van der Waals surface area contributed by atoms with Crippen LogP contribution in [0, 0.1) is 6.92 Å². The summed E-state index contributed by atoms with van der Waals surface area (Å²) < 4.78 is 10.8. The molecule has 1 atom stereocenters. The third-order valence-corrected chi connectivity index (χ3v) is 4.83. The van der Waals surface area contributed by atoms with E-state index in [9.17, 15) is 0 Å². The van der Waals surface area contributed by atoms with E-state index in [1.54, 1.807) is 0 Å². The standard InChI is InChI=1S/C16H24N6O2/c1-11-17-14(20-24-11)9-22-7-3-4-13(8-22)21(2)10-15-18-19-16(23-15)12-5-6-12/h12-13H,3-10H2,1-2H3/t13-/m0/s1. The highest BCUT2D eigenvalue weighted by Gasteiger charge is 2.30. The monoisotopic (exact) mass is 332 g/mol. The Labute approximate surface area is 141 Å². The first-order valence-corrected chi connectivity index (χ1v) is 8.71. The quantitative estimate of drug-likeness (QED) is 0.791. The van der Waals surface area contributed by atoms with Gasteiger partial charge in [0, 0.05) is 25.4 Å². The van der Waals surface area contributed by atoms with E-state index in [0.717, 1.165) is 37.2 Å². The number of aryl methyl sites for hydroxylation is 1. The highest BCUT2D eigenvalue weighted by Crippen LogP contribution is 2.39. The van der Waals surface area contributed by atoms with Crippen molar-refractivity contribution in [2.45, 2.75) is 57.7 Å². The first-order valence-electron chi connectivity index (χ1n) is 8.71. The lowest BCUT2D eigenvalue weighted by Crippen LogP contribution is -2.45. The van der Waals surface area contributed by atoms with Crippen LogP contribution in [0.3, 0.4) is 0 Å². The first-order chi connectivity index (χ1) is 11.7. The molecule has 0 amide bonds. The molecule has 2 fully saturated rings. The number of aromatic nitrogens is 4. The van der Waals surface area contributed by atoms with Crippen LogP contribution in [-0.4, -0.2) is 56.3 Å². The molecule has 0 radical (unpaired) electrons. The molecule has 2 aromatic rings. The molecule has 1 saturated heterocycles. The number of nitrogens with zero attached hydrogens (tertiary/aromatic N) is 6. The normalized spacial score (nSPS) is 22.4. The van der Waals surface area contributed by atoms with Crippen molar-refractivity contribution in [3.63, 3.8) is 0 Å². The Hall–Kier alpha value is -1.80. The fraction of sp³-hybridized carbons (Fsp3) is 0.750. The number of piperidine rings is 1. The van der Waals surface area contributed by atoms with E-state index in [-0.39, 0.29) is 0 Å². The largest absolute Gasteiger partial charge is 0.424 e. The van der Waals surface area contributed by atoms with Crippen LogP contribution in [0.25, 0.3) is 0 Å². The van der Waals surface area contributed by atoms with Crippen LogP contribution in [0.1, 0.15) is 55.1 Å². The van der Waals surface area contributed by atoms with Crippen molar-refractivity contribution in [3.8, 4) is 0 Å². The van der Waals surface area contributed by atoms with Gasteiger partial charge in [-0.05, 0) is 39.3 Å². The molecule has 24 heavy (non-hydrogen) atoms. The zero-order valence-corrected chi connectivity index (χ0v) is 14.3. The van der Waals surface area contributed by atoms with E-state index in [2.05, 4.69) is 37.2 Å². The van der Waals surface area contributed by atoms with Crippen LogP contribution in [-0.2, 0) is 13.1 Å². The number of likely N-dealkylation sites (tertiary alicyclic amines) is 1. The van der Waals surface area contributed by atoms with Gasteiger partial charge in [0.15, 0.2) is 5.82 Å². The second-order valence-electron chi connectivity index (χ2n) is 6.98. The van der Waals surface area contributed by atoms with Crippen LogP contribution in [0.2, 0.25) is 0 Å². The number of likely N-dealkylation sites (N-methyl/N-ethyl adjacent to an activating group) is 1. The molecule has 0 bridgehead atoms. The molecule has 3 heterocycles. The Morgan fingerprint density at radius 2 is 2.12 bits per heavy atom. The van der Waals surface area contributed by atoms with Gasteiger partial charge in [0.2, 0.25) is 17.7 Å². The number of hydrogen-bond acceptors (Lipinski definition) is 8. The summed E-state index contributed by atoms with van der Waals surface area (Å²) in [4.78, 5) is 9.01. The smallest absolute Gasteiger partial charge is 0.230 e. The van der Waals surface area contributed by atoms with Crippen LogP contribution >= 0.6 is 0 Å². The molecular weight excluding hydrogens is 308 g/mol. The molecule has 4 rings (SSSR count). The van der Waals surface area contributed by atoms with Crippen molar-refractivity contribution in [2.24, 2.45) is 0 Å². The van der Waals surface area contributed by atoms with E-state index in [4.69, 9.17) is 8.94 Å². The van der Waals surface area contributed by atoms with Gasteiger partial charge in [0.05, 0.1) is 13.1 Å². The fourth-order valence-corrected chi connectivity index (χ4v) is 3.31. The van der Waals surface area contributed by atoms with Crippen molar-refractivity contribution in [3.05, 3.63) is 23.5 Å². The summed E-state index contributed by atoms with van der Waals surface area (Å²) >= 11 is 0. The fourth-order valence-electron chi connectivity index (χ4n) is 3.31. The highest BCUT2D eigenvalue weighted by atomic mass is 16.5. The Balaban J connectivity index is 1.32. The lowest BCUT2D eigenvalue weighted by molar-refractivity contribution is 0.0985. The Kier molecular flexibility index (Phi) is 4.32. The molecule has 0 N–H and O–H groups in total. The van der Waals surface area contributed by atoms with E-state index in [0.29, 0.717) is 24.4 Å². The van der Waals surface area contributed by atoms with Gasteiger partial charge >= 0.3 is 0 Å². The second kappa shape index (κ2) is 6.60. The lowest BCUT2D eigenvalue weighted by Gasteiger charge is -2.36. The Morgan fingerprint density at radius 1 is 1.25 bits per heavy atom. The predicted molar refractivity (Wildman–Crippen MR) is 85.1 cm³/mol. The lowest BCUT2D eigenvalue weighted by atomic mass is 10.0. The second-order valence-corrected chi connectivity index (χ2v) is 6.98. The van der Waals surface area contributed by atoms with E-state index in [1.165, 1.54) is 25.7 Å². The Bertz CT molecular complexity index is 680. The summed E-state index contributed by atoms with van der Waals surface area (Å²) in [5, 5.41) is 12.4. The van der Waals surface area contributed by atoms with E-state index in [1.807, 2.05) is 6.92 Å². The van der Waals surface area contributed by atoms with Crippen LogP contribution in [0.15, 0.2) is 8.94 Å². The maximum atomic E-state index is 5.78. The van der Waals surface area contributed by atoms with Crippen molar-refractivity contribution in [2.75, 3.05) is 20.1 Å².